The highest BCUT2D eigenvalue weighted by Gasteiger charge is 2.32. The topological polar surface area (TPSA) is 86.2 Å². The molecular weight excluding hydrogens is 424 g/mol. The number of amides is 1. The summed E-state index contributed by atoms with van der Waals surface area (Å²) in [5.41, 5.74) is 7.43. The molecule has 1 amide bonds. The van der Waals surface area contributed by atoms with Crippen LogP contribution in [0, 0.1) is 0 Å². The lowest BCUT2D eigenvalue weighted by Crippen LogP contribution is -2.37. The van der Waals surface area contributed by atoms with Crippen molar-refractivity contribution in [1.82, 2.24) is 14.3 Å². The van der Waals surface area contributed by atoms with Gasteiger partial charge in [0.05, 0.1) is 19.0 Å². The number of rotatable bonds is 6. The molecule has 3 heterocycles. The average molecular weight is 445 g/mol. The van der Waals surface area contributed by atoms with Gasteiger partial charge in [0.1, 0.15) is 6.33 Å². The zero-order valence-electron chi connectivity index (χ0n) is 16.8. The van der Waals surface area contributed by atoms with E-state index in [2.05, 4.69) is 5.10 Å². The number of benzene rings is 1. The smallest absolute Gasteiger partial charge is 0.327 e. The molecule has 2 aromatic heterocycles. The Balaban J connectivity index is 1.53. The average Bonchev–Trinajstić information content (AvgIpc) is 3.36. The lowest BCUT2D eigenvalue weighted by Gasteiger charge is -2.31. The second-order valence-corrected chi connectivity index (χ2v) is 8.39. The number of thiophene rings is 1. The summed E-state index contributed by atoms with van der Waals surface area (Å²) in [6.45, 7) is -0.442. The van der Waals surface area contributed by atoms with Crippen LogP contribution in [0.3, 0.4) is 0 Å². The molecule has 1 aromatic carbocycles. The molecule has 0 saturated heterocycles. The molecule has 0 radical (unpaired) electrons. The van der Waals surface area contributed by atoms with E-state index in [4.69, 9.17) is 5.73 Å². The number of aromatic nitrogens is 3. The Morgan fingerprint density at radius 1 is 1.29 bits per heavy atom. The van der Waals surface area contributed by atoms with Crippen molar-refractivity contribution in [2.45, 2.75) is 25.4 Å². The van der Waals surface area contributed by atoms with Crippen molar-refractivity contribution in [3.8, 4) is 0 Å². The van der Waals surface area contributed by atoms with Crippen LogP contribution in [0.1, 0.15) is 21.9 Å². The molecule has 1 aliphatic rings. The molecule has 2 N–H and O–H groups in total. The van der Waals surface area contributed by atoms with Crippen molar-refractivity contribution in [2.24, 2.45) is 5.73 Å². The van der Waals surface area contributed by atoms with Crippen LogP contribution in [0.2, 0.25) is 0 Å². The molecule has 0 fully saturated rings. The van der Waals surface area contributed by atoms with Gasteiger partial charge in [-0.15, -0.1) is 11.3 Å². The first-order valence-corrected chi connectivity index (χ1v) is 10.5. The fourth-order valence-electron chi connectivity index (χ4n) is 3.73. The zero-order chi connectivity index (χ0) is 22.1. The number of nitrogens with two attached hydrogens (primary N) is 1. The molecule has 7 nitrogen and oxygen atoms in total. The highest BCUT2D eigenvalue weighted by atomic mass is 32.1. The number of carbonyl (C=O) groups is 1. The lowest BCUT2D eigenvalue weighted by molar-refractivity contribution is -0.120. The first-order valence-electron chi connectivity index (χ1n) is 9.67. The monoisotopic (exact) mass is 445 g/mol. The first-order chi connectivity index (χ1) is 14.9. The van der Waals surface area contributed by atoms with E-state index in [1.54, 1.807) is 11.9 Å². The van der Waals surface area contributed by atoms with E-state index < -0.39 is 11.8 Å². The minimum absolute atomic E-state index is 0.0300. The van der Waals surface area contributed by atoms with E-state index in [0.717, 1.165) is 26.4 Å². The predicted molar refractivity (Wildman–Crippen MR) is 115 cm³/mol. The number of likely N-dealkylation sites (N-methyl/N-ethyl adjacent to an activating group) is 1. The highest BCUT2D eigenvalue weighted by Crippen LogP contribution is 2.36. The molecule has 0 saturated carbocycles. The van der Waals surface area contributed by atoms with Gasteiger partial charge in [-0.05, 0) is 35.1 Å². The van der Waals surface area contributed by atoms with Gasteiger partial charge >= 0.3 is 5.69 Å². The second-order valence-electron chi connectivity index (χ2n) is 7.40. The Morgan fingerprint density at radius 2 is 2.06 bits per heavy atom. The fourth-order valence-corrected chi connectivity index (χ4v) is 4.67. The largest absolute Gasteiger partial charge is 0.346 e. The summed E-state index contributed by atoms with van der Waals surface area (Å²) in [5.74, 6) is -0.253. The van der Waals surface area contributed by atoms with Crippen molar-refractivity contribution in [1.29, 1.82) is 0 Å². The van der Waals surface area contributed by atoms with E-state index >= 15 is 0 Å². The van der Waals surface area contributed by atoms with Crippen molar-refractivity contribution in [3.05, 3.63) is 80.2 Å². The van der Waals surface area contributed by atoms with E-state index in [9.17, 15) is 18.4 Å². The summed E-state index contributed by atoms with van der Waals surface area (Å²) in [4.78, 5) is 27.9. The molecule has 162 valence electrons. The van der Waals surface area contributed by atoms with Crippen LogP contribution in [0.15, 0.2) is 58.5 Å². The number of anilines is 1. The normalized spacial score (nSPS) is 15.8. The summed E-state index contributed by atoms with van der Waals surface area (Å²) in [6, 6.07) is 9.76. The van der Waals surface area contributed by atoms with Gasteiger partial charge < -0.3 is 10.6 Å². The molecular formula is C21H21F2N5O2S. The van der Waals surface area contributed by atoms with Crippen LogP contribution in [0.4, 0.5) is 14.5 Å². The number of halogens is 2. The molecule has 31 heavy (non-hydrogen) atoms. The predicted octanol–water partition coefficient (Wildman–Crippen LogP) is 2.57. The second kappa shape index (κ2) is 8.56. The summed E-state index contributed by atoms with van der Waals surface area (Å²) in [5, 5.41) is 5.85. The Bertz CT molecular complexity index is 1210. The summed E-state index contributed by atoms with van der Waals surface area (Å²) >= 11 is 1.45. The van der Waals surface area contributed by atoms with E-state index in [1.165, 1.54) is 22.2 Å². The minimum atomic E-state index is -1.89. The van der Waals surface area contributed by atoms with Crippen molar-refractivity contribution in [3.63, 3.8) is 0 Å². The maximum atomic E-state index is 12.9. The maximum Gasteiger partial charge on any atom is 0.346 e. The Labute approximate surface area is 181 Å². The van der Waals surface area contributed by atoms with Gasteiger partial charge in [-0.3, -0.25) is 9.36 Å². The SMILES string of the molecule is CN1C(=O)C(c2csc(Cn3cnn(CC(CN)=C(F)F)c3=O)c2)Cc2ccccc21. The molecule has 1 atom stereocenters. The minimum Gasteiger partial charge on any atom is -0.327 e. The number of fused-ring (bicyclic) bond motifs is 1. The molecule has 0 spiro atoms. The number of para-hydroxylation sites is 1. The van der Waals surface area contributed by atoms with Gasteiger partial charge in [-0.2, -0.15) is 13.9 Å². The Kier molecular flexibility index (Phi) is 5.84. The van der Waals surface area contributed by atoms with Crippen LogP contribution in [0.25, 0.3) is 0 Å². The molecule has 1 aliphatic heterocycles. The van der Waals surface area contributed by atoms with Gasteiger partial charge in [0.15, 0.2) is 0 Å². The molecule has 10 heteroatoms. The number of nitrogens with zero attached hydrogens (tertiary/aromatic N) is 4. The first kappa shape index (κ1) is 21.1. The third kappa shape index (κ3) is 4.08. The van der Waals surface area contributed by atoms with Crippen LogP contribution in [-0.4, -0.2) is 33.8 Å². The van der Waals surface area contributed by atoms with Crippen LogP contribution in [-0.2, 0) is 24.3 Å². The van der Waals surface area contributed by atoms with Crippen molar-refractivity contribution >= 4 is 22.9 Å². The fraction of sp³-hybridized carbons (Fsp3) is 0.286. The van der Waals surface area contributed by atoms with Gasteiger partial charge in [-0.1, -0.05) is 18.2 Å². The van der Waals surface area contributed by atoms with Gasteiger partial charge in [0.2, 0.25) is 5.91 Å². The molecule has 1 unspecified atom stereocenters. The quantitative estimate of drug-likeness (QED) is 0.632. The van der Waals surface area contributed by atoms with Gasteiger partial charge in [0.25, 0.3) is 6.08 Å². The maximum absolute atomic E-state index is 12.9. The molecule has 0 aliphatic carbocycles. The summed E-state index contributed by atoms with van der Waals surface area (Å²) in [6.07, 6.45) is 0.0496. The van der Waals surface area contributed by atoms with Crippen molar-refractivity contribution < 1.29 is 13.6 Å². The molecule has 4 rings (SSSR count). The van der Waals surface area contributed by atoms with Crippen molar-refractivity contribution in [2.75, 3.05) is 18.5 Å². The van der Waals surface area contributed by atoms with Crippen LogP contribution >= 0.6 is 11.3 Å². The van der Waals surface area contributed by atoms with E-state index in [0.29, 0.717) is 6.42 Å². The van der Waals surface area contributed by atoms with Crippen LogP contribution < -0.4 is 16.3 Å². The highest BCUT2D eigenvalue weighted by molar-refractivity contribution is 7.10. The van der Waals surface area contributed by atoms with Gasteiger partial charge in [-0.25, -0.2) is 9.48 Å². The molecule has 0 bridgehead atoms. The number of carbonyl (C=O) groups excluding carboxylic acids is 1. The molecule has 3 aromatic rings. The van der Waals surface area contributed by atoms with E-state index in [-0.39, 0.29) is 37.0 Å². The summed E-state index contributed by atoms with van der Waals surface area (Å²) < 4.78 is 28.0. The number of hydrogen-bond acceptors (Lipinski definition) is 5. The van der Waals surface area contributed by atoms with E-state index in [1.807, 2.05) is 35.7 Å². The third-order valence-corrected chi connectivity index (χ3v) is 6.40. The third-order valence-electron chi connectivity index (χ3n) is 5.46. The zero-order valence-corrected chi connectivity index (χ0v) is 17.6. The Morgan fingerprint density at radius 3 is 2.81 bits per heavy atom. The standard InChI is InChI=1S/C21H21F2N5O2S/c1-26-18-5-3-2-4-13(18)7-17(20(26)29)14-6-16(31-11-14)10-27-12-25-28(21(27)30)9-15(8-24)19(22)23/h2-6,11-12,17H,7-10,24H2,1H3. The lowest BCUT2D eigenvalue weighted by atomic mass is 9.88. The number of hydrogen-bond donors (Lipinski definition) is 1. The summed E-state index contributed by atoms with van der Waals surface area (Å²) in [7, 11) is 1.78. The van der Waals surface area contributed by atoms with Gasteiger partial charge in [0, 0.05) is 29.7 Å². The Hall–Kier alpha value is -3.11. The van der Waals surface area contributed by atoms with Crippen LogP contribution in [0.5, 0.6) is 0 Å².